The van der Waals surface area contributed by atoms with Crippen LogP contribution in [0.3, 0.4) is 0 Å². The SMILES string of the molecule is NCc1ccc(S(=O)(=O)CCn2ccc(=O)cc2)cc1. The summed E-state index contributed by atoms with van der Waals surface area (Å²) in [5.41, 5.74) is 6.27. The number of nitrogens with two attached hydrogens (primary N) is 1. The van der Waals surface area contributed by atoms with E-state index in [0.29, 0.717) is 13.1 Å². The van der Waals surface area contributed by atoms with Gasteiger partial charge in [-0.1, -0.05) is 12.1 Å². The average molecular weight is 292 g/mol. The highest BCUT2D eigenvalue weighted by Crippen LogP contribution is 2.12. The lowest BCUT2D eigenvalue weighted by Crippen LogP contribution is -2.14. The maximum Gasteiger partial charge on any atom is 0.181 e. The summed E-state index contributed by atoms with van der Waals surface area (Å²) in [6, 6.07) is 9.38. The molecule has 0 radical (unpaired) electrons. The Morgan fingerprint density at radius 3 is 2.15 bits per heavy atom. The molecule has 1 heterocycles. The van der Waals surface area contributed by atoms with Crippen molar-refractivity contribution in [3.8, 4) is 0 Å². The van der Waals surface area contributed by atoms with Crippen LogP contribution in [0.5, 0.6) is 0 Å². The Morgan fingerprint density at radius 2 is 1.60 bits per heavy atom. The smallest absolute Gasteiger partial charge is 0.181 e. The molecule has 106 valence electrons. The number of benzene rings is 1. The first-order chi connectivity index (χ1) is 9.51. The molecule has 0 saturated heterocycles. The van der Waals surface area contributed by atoms with Crippen molar-refractivity contribution in [2.24, 2.45) is 5.73 Å². The van der Waals surface area contributed by atoms with Crippen molar-refractivity contribution >= 4 is 9.84 Å². The normalized spacial score (nSPS) is 11.4. The predicted molar refractivity (Wildman–Crippen MR) is 77.1 cm³/mol. The van der Waals surface area contributed by atoms with E-state index in [0.717, 1.165) is 5.56 Å². The van der Waals surface area contributed by atoms with Crippen LogP contribution in [-0.4, -0.2) is 18.7 Å². The van der Waals surface area contributed by atoms with Gasteiger partial charge in [0.1, 0.15) is 0 Å². The molecule has 0 saturated carbocycles. The number of pyridine rings is 1. The zero-order valence-corrected chi connectivity index (χ0v) is 11.7. The quantitative estimate of drug-likeness (QED) is 0.883. The zero-order valence-electron chi connectivity index (χ0n) is 10.9. The Bertz CT molecular complexity index is 713. The number of nitrogens with zero attached hydrogens (tertiary/aromatic N) is 1. The highest BCUT2D eigenvalue weighted by Gasteiger charge is 2.13. The van der Waals surface area contributed by atoms with E-state index in [4.69, 9.17) is 5.73 Å². The number of aromatic nitrogens is 1. The van der Waals surface area contributed by atoms with E-state index in [-0.39, 0.29) is 16.1 Å². The third-order valence-corrected chi connectivity index (χ3v) is 4.71. The van der Waals surface area contributed by atoms with Crippen LogP contribution in [0, 0.1) is 0 Å². The van der Waals surface area contributed by atoms with Crippen LogP contribution in [0.15, 0.2) is 58.5 Å². The van der Waals surface area contributed by atoms with Gasteiger partial charge in [-0.25, -0.2) is 8.42 Å². The van der Waals surface area contributed by atoms with E-state index in [1.807, 2.05) is 0 Å². The first kappa shape index (κ1) is 14.5. The van der Waals surface area contributed by atoms with Crippen LogP contribution in [0.25, 0.3) is 0 Å². The molecule has 2 N–H and O–H groups in total. The van der Waals surface area contributed by atoms with Crippen molar-refractivity contribution in [1.82, 2.24) is 4.57 Å². The van der Waals surface area contributed by atoms with Crippen LogP contribution in [0.1, 0.15) is 5.56 Å². The number of hydrogen-bond acceptors (Lipinski definition) is 4. The van der Waals surface area contributed by atoms with Crippen molar-refractivity contribution in [2.45, 2.75) is 18.0 Å². The first-order valence-electron chi connectivity index (χ1n) is 6.19. The van der Waals surface area contributed by atoms with Crippen molar-refractivity contribution in [3.05, 3.63) is 64.6 Å². The van der Waals surface area contributed by atoms with Crippen LogP contribution < -0.4 is 11.2 Å². The molecule has 2 aromatic rings. The van der Waals surface area contributed by atoms with Crippen LogP contribution in [-0.2, 0) is 22.9 Å². The van der Waals surface area contributed by atoms with Crippen LogP contribution >= 0.6 is 0 Å². The Hall–Kier alpha value is -1.92. The van der Waals surface area contributed by atoms with Gasteiger partial charge in [0.25, 0.3) is 0 Å². The summed E-state index contributed by atoms with van der Waals surface area (Å²) in [5.74, 6) is -0.0160. The average Bonchev–Trinajstić information content (AvgIpc) is 2.47. The Labute approximate surface area is 117 Å². The summed E-state index contributed by atoms with van der Waals surface area (Å²) in [6.07, 6.45) is 3.16. The molecule has 6 heteroatoms. The predicted octanol–water partition coefficient (Wildman–Crippen LogP) is 0.781. The van der Waals surface area contributed by atoms with Crippen molar-refractivity contribution < 1.29 is 8.42 Å². The summed E-state index contributed by atoms with van der Waals surface area (Å²) in [6.45, 7) is 0.693. The van der Waals surface area contributed by atoms with Gasteiger partial charge in [-0.2, -0.15) is 0 Å². The Kier molecular flexibility index (Phi) is 4.36. The molecule has 0 aliphatic rings. The minimum absolute atomic E-state index is 0.0160. The first-order valence-corrected chi connectivity index (χ1v) is 7.84. The number of hydrogen-bond donors (Lipinski definition) is 1. The fourth-order valence-electron chi connectivity index (χ4n) is 1.77. The zero-order chi connectivity index (χ0) is 14.6. The van der Waals surface area contributed by atoms with Crippen LogP contribution in [0.2, 0.25) is 0 Å². The number of sulfone groups is 1. The monoisotopic (exact) mass is 292 g/mol. The second-order valence-electron chi connectivity index (χ2n) is 4.44. The summed E-state index contributed by atoms with van der Waals surface area (Å²) in [4.78, 5) is 11.3. The molecule has 20 heavy (non-hydrogen) atoms. The lowest BCUT2D eigenvalue weighted by atomic mass is 10.2. The third-order valence-electron chi connectivity index (χ3n) is 3.00. The number of rotatable bonds is 5. The summed E-state index contributed by atoms with van der Waals surface area (Å²) < 4.78 is 26.0. The summed E-state index contributed by atoms with van der Waals surface area (Å²) >= 11 is 0. The summed E-state index contributed by atoms with van der Waals surface area (Å²) in [5, 5.41) is 0. The molecule has 0 atom stereocenters. The van der Waals surface area contributed by atoms with Crippen molar-refractivity contribution in [3.63, 3.8) is 0 Å². The highest BCUT2D eigenvalue weighted by molar-refractivity contribution is 7.91. The molecule has 0 bridgehead atoms. The second kappa shape index (κ2) is 6.02. The molecular formula is C14H16N2O3S. The standard InChI is InChI=1S/C14H16N2O3S/c15-11-12-1-3-14(4-2-12)20(18,19)10-9-16-7-5-13(17)6-8-16/h1-8H,9-11,15H2. The minimum atomic E-state index is -3.33. The molecule has 1 aromatic heterocycles. The van der Waals surface area contributed by atoms with E-state index in [9.17, 15) is 13.2 Å². The molecule has 0 amide bonds. The topological polar surface area (TPSA) is 82.2 Å². The number of aryl methyl sites for hydroxylation is 1. The Balaban J connectivity index is 2.10. The maximum atomic E-state index is 12.2. The molecule has 2 rings (SSSR count). The minimum Gasteiger partial charge on any atom is -0.353 e. The van der Waals surface area contributed by atoms with Gasteiger partial charge in [0.15, 0.2) is 15.3 Å². The van der Waals surface area contributed by atoms with Gasteiger partial charge in [-0.05, 0) is 17.7 Å². The van der Waals surface area contributed by atoms with Gasteiger partial charge >= 0.3 is 0 Å². The lowest BCUT2D eigenvalue weighted by molar-refractivity contribution is 0.588. The van der Waals surface area contributed by atoms with Gasteiger partial charge in [0.2, 0.25) is 0 Å². The van der Waals surface area contributed by atoms with Gasteiger partial charge in [0.05, 0.1) is 10.6 Å². The fourth-order valence-corrected chi connectivity index (χ4v) is 3.01. The Morgan fingerprint density at radius 1 is 1.00 bits per heavy atom. The van der Waals surface area contributed by atoms with Crippen LogP contribution in [0.4, 0.5) is 0 Å². The van der Waals surface area contributed by atoms with Crippen molar-refractivity contribution in [1.29, 1.82) is 0 Å². The van der Waals surface area contributed by atoms with E-state index < -0.39 is 9.84 Å². The lowest BCUT2D eigenvalue weighted by Gasteiger charge is -2.07. The van der Waals surface area contributed by atoms with E-state index in [1.54, 1.807) is 41.2 Å². The molecule has 5 nitrogen and oxygen atoms in total. The molecule has 0 aliphatic carbocycles. The molecule has 0 fully saturated rings. The molecule has 0 unspecified atom stereocenters. The van der Waals surface area contributed by atoms with Gasteiger partial charge in [0, 0.05) is 37.6 Å². The van der Waals surface area contributed by atoms with E-state index in [2.05, 4.69) is 0 Å². The van der Waals surface area contributed by atoms with Gasteiger partial charge in [-0.15, -0.1) is 0 Å². The fraction of sp³-hybridized carbons (Fsp3) is 0.214. The molecule has 0 spiro atoms. The largest absolute Gasteiger partial charge is 0.353 e. The van der Waals surface area contributed by atoms with Gasteiger partial charge in [-0.3, -0.25) is 4.79 Å². The molecule has 0 aliphatic heterocycles. The second-order valence-corrected chi connectivity index (χ2v) is 6.55. The van der Waals surface area contributed by atoms with Crippen molar-refractivity contribution in [2.75, 3.05) is 5.75 Å². The third kappa shape index (κ3) is 3.55. The molecule has 1 aromatic carbocycles. The highest BCUT2D eigenvalue weighted by atomic mass is 32.2. The van der Waals surface area contributed by atoms with Gasteiger partial charge < -0.3 is 10.3 Å². The van der Waals surface area contributed by atoms with E-state index >= 15 is 0 Å². The summed E-state index contributed by atoms with van der Waals surface area (Å²) in [7, 11) is -3.33. The molecular weight excluding hydrogens is 276 g/mol. The maximum absolute atomic E-state index is 12.2. The van der Waals surface area contributed by atoms with E-state index in [1.165, 1.54) is 12.1 Å².